The van der Waals surface area contributed by atoms with Crippen LogP contribution in [0.15, 0.2) is 68.6 Å². The first kappa shape index (κ1) is 30.7. The largest absolute Gasteiger partial charge is 1.00 e. The maximum atomic E-state index is 12.3. The average Bonchev–Trinajstić information content (AvgIpc) is 3.54. The Hall–Kier alpha value is -1.84. The maximum Gasteiger partial charge on any atom is 1.00 e. The number of thioether (sulfide) groups is 1. The van der Waals surface area contributed by atoms with Crippen LogP contribution in [0.3, 0.4) is 0 Å². The first-order valence-electron chi connectivity index (χ1n) is 10.6. The molecule has 2 heterocycles. The summed E-state index contributed by atoms with van der Waals surface area (Å²) in [7, 11) is -3.89. The average molecular weight is 623 g/mol. The van der Waals surface area contributed by atoms with Crippen molar-refractivity contribution in [2.45, 2.75) is 23.0 Å². The molecule has 1 N–H and O–H groups in total. The van der Waals surface area contributed by atoms with Crippen molar-refractivity contribution in [1.82, 2.24) is 15.2 Å². The van der Waals surface area contributed by atoms with Crippen LogP contribution in [0.4, 0.5) is 10.8 Å². The van der Waals surface area contributed by atoms with Gasteiger partial charge >= 0.3 is 29.6 Å². The van der Waals surface area contributed by atoms with Gasteiger partial charge in [0.15, 0.2) is 0 Å². The molecule has 1 amide bonds. The number of rotatable bonds is 12. The normalized spacial score (nSPS) is 11.0. The predicted octanol–water partition coefficient (Wildman–Crippen LogP) is 2.97. The van der Waals surface area contributed by atoms with E-state index >= 15 is 0 Å². The molecule has 0 aliphatic heterocycles. The molecule has 0 atom stereocenters. The van der Waals surface area contributed by atoms with Crippen LogP contribution in [0.25, 0.3) is 4.72 Å². The zero-order chi connectivity index (χ0) is 26.3. The molecular weight excluding hydrogens is 604 g/mol. The second-order valence-electron chi connectivity index (χ2n) is 7.23. The van der Waals surface area contributed by atoms with Crippen LogP contribution in [0, 0.1) is 0 Å². The summed E-state index contributed by atoms with van der Waals surface area (Å²) in [5.74, 6) is 0.676. The first-order valence-corrected chi connectivity index (χ1v) is 14.6. The van der Waals surface area contributed by atoms with E-state index in [1.807, 2.05) is 0 Å². The smallest absolute Gasteiger partial charge is 0.492 e. The number of sulfonamides is 1. The Labute approximate surface area is 259 Å². The molecule has 194 valence electrons. The number of amides is 1. The fourth-order valence-corrected chi connectivity index (χ4v) is 5.56. The number of nitrogens with one attached hydrogen (secondary N) is 1. The summed E-state index contributed by atoms with van der Waals surface area (Å²) in [4.78, 5) is 16.1. The second-order valence-corrected chi connectivity index (χ2v) is 11.5. The van der Waals surface area contributed by atoms with Gasteiger partial charge in [-0.05, 0) is 54.3 Å². The summed E-state index contributed by atoms with van der Waals surface area (Å²) in [6.07, 6.45) is 2.59. The Bertz CT molecular complexity index is 1450. The Morgan fingerprint density at radius 3 is 2.66 bits per heavy atom. The number of aryl methyl sites for hydroxylation is 1. The molecule has 16 heteroatoms. The van der Waals surface area contributed by atoms with Gasteiger partial charge in [0.25, 0.3) is 5.22 Å². The predicted molar refractivity (Wildman–Crippen MR) is 143 cm³/mol. The van der Waals surface area contributed by atoms with Gasteiger partial charge in [-0.2, -0.15) is 11.3 Å². The summed E-state index contributed by atoms with van der Waals surface area (Å²) >= 11 is 14.1. The number of hydrogen-bond acceptors (Lipinski definition) is 10. The van der Waals surface area contributed by atoms with E-state index in [-0.39, 0.29) is 56.5 Å². The minimum atomic E-state index is -3.89. The number of carbonyl (C=O) groups is 1. The summed E-state index contributed by atoms with van der Waals surface area (Å²) in [5.41, 5.74) is 0.436. The molecule has 0 saturated carbocycles. The SMILES string of the molecule is O=C(CSc1nnc(CCCOc2ccc(Cl)cc2Cl)o1)Nc1ccc(S(=O)(=O)[N-]c2nccs2)cc1.[Na+]. The van der Waals surface area contributed by atoms with Crippen molar-refractivity contribution in [3.63, 3.8) is 0 Å². The molecule has 0 saturated heterocycles. The molecule has 2 aromatic carbocycles. The number of anilines is 1. The standard InChI is InChI=1S/C22H19Cl2N5O5S3.Na/c23-14-3-8-18(17(24)12-14)33-10-1-2-20-27-28-22(34-20)36-13-19(30)26-15-4-6-16(7-5-15)37(31,32)29-21-25-9-11-35-21;/h3-9,11-12H,1-2,10,13H2,(H2,25,26,29,30);/q;+1/p-1. The summed E-state index contributed by atoms with van der Waals surface area (Å²) in [6.45, 7) is 0.397. The van der Waals surface area contributed by atoms with Crippen LogP contribution >= 0.6 is 46.3 Å². The number of halogens is 2. The summed E-state index contributed by atoms with van der Waals surface area (Å²) in [5, 5.41) is 13.6. The van der Waals surface area contributed by atoms with E-state index in [0.717, 1.165) is 23.1 Å². The second kappa shape index (κ2) is 14.5. The number of nitrogens with zero attached hydrogens (tertiary/aromatic N) is 4. The number of ether oxygens (including phenoxy) is 1. The van der Waals surface area contributed by atoms with E-state index < -0.39 is 10.0 Å². The van der Waals surface area contributed by atoms with Crippen molar-refractivity contribution in [2.75, 3.05) is 17.7 Å². The van der Waals surface area contributed by atoms with Crippen molar-refractivity contribution in [1.29, 1.82) is 0 Å². The number of carbonyl (C=O) groups excluding carboxylic acids is 1. The van der Waals surface area contributed by atoms with Gasteiger partial charge in [-0.15, -0.1) is 10.2 Å². The van der Waals surface area contributed by atoms with Gasteiger partial charge in [-0.3, -0.25) is 4.79 Å². The third kappa shape index (κ3) is 9.12. The third-order valence-corrected chi connectivity index (χ3v) is 7.93. The molecule has 0 unspecified atom stereocenters. The van der Waals surface area contributed by atoms with Gasteiger partial charge in [0.2, 0.25) is 21.8 Å². The van der Waals surface area contributed by atoms with Crippen molar-refractivity contribution in [2.24, 2.45) is 0 Å². The van der Waals surface area contributed by atoms with Crippen LogP contribution in [0.2, 0.25) is 10.0 Å². The molecule has 4 rings (SSSR count). The third-order valence-electron chi connectivity index (χ3n) is 4.52. The molecule has 2 aromatic heterocycles. The van der Waals surface area contributed by atoms with Crippen LogP contribution in [-0.2, 0) is 21.2 Å². The molecule has 0 bridgehead atoms. The zero-order valence-corrected chi connectivity index (χ0v) is 25.8. The van der Waals surface area contributed by atoms with Gasteiger partial charge in [0, 0.05) is 22.3 Å². The molecule has 38 heavy (non-hydrogen) atoms. The summed E-state index contributed by atoms with van der Waals surface area (Å²) < 4.78 is 39.5. The van der Waals surface area contributed by atoms with Crippen molar-refractivity contribution in [3.8, 4) is 5.75 Å². The van der Waals surface area contributed by atoms with Crippen molar-refractivity contribution < 1.29 is 51.9 Å². The van der Waals surface area contributed by atoms with E-state index in [9.17, 15) is 13.2 Å². The van der Waals surface area contributed by atoms with Crippen LogP contribution < -0.4 is 39.6 Å². The van der Waals surface area contributed by atoms with E-state index in [2.05, 4.69) is 25.2 Å². The van der Waals surface area contributed by atoms with E-state index in [1.54, 1.807) is 23.6 Å². The van der Waals surface area contributed by atoms with E-state index in [0.29, 0.717) is 46.8 Å². The molecule has 0 spiro atoms. The number of benzene rings is 2. The maximum absolute atomic E-state index is 12.3. The molecular formula is C22H18Cl2N5NaO5S3. The van der Waals surface area contributed by atoms with E-state index in [4.69, 9.17) is 32.4 Å². The number of thiazole rings is 1. The Morgan fingerprint density at radius 1 is 1.16 bits per heavy atom. The van der Waals surface area contributed by atoms with Crippen LogP contribution in [0.1, 0.15) is 12.3 Å². The van der Waals surface area contributed by atoms with Crippen LogP contribution in [0.5, 0.6) is 5.75 Å². The Kier molecular flexibility index (Phi) is 11.7. The van der Waals surface area contributed by atoms with Crippen molar-refractivity contribution in [3.05, 3.63) is 74.7 Å². The first-order chi connectivity index (χ1) is 17.8. The molecule has 0 aliphatic rings. The fraction of sp³-hybridized carbons (Fsp3) is 0.182. The molecule has 4 aromatic rings. The van der Waals surface area contributed by atoms with Crippen molar-refractivity contribution >= 4 is 73.0 Å². The molecule has 0 aliphatic carbocycles. The fourth-order valence-electron chi connectivity index (χ4n) is 2.85. The number of aromatic nitrogens is 3. The number of hydrogen-bond donors (Lipinski definition) is 1. The zero-order valence-electron chi connectivity index (χ0n) is 19.8. The quantitative estimate of drug-likeness (QED) is 0.144. The molecule has 10 nitrogen and oxygen atoms in total. The van der Waals surface area contributed by atoms with Gasteiger partial charge in [-0.1, -0.05) is 41.2 Å². The monoisotopic (exact) mass is 621 g/mol. The van der Waals surface area contributed by atoms with Gasteiger partial charge in [0.1, 0.15) is 5.75 Å². The Morgan fingerprint density at radius 2 is 1.95 bits per heavy atom. The molecule has 0 radical (unpaired) electrons. The Balaban J connectivity index is 0.00000400. The van der Waals surface area contributed by atoms with Gasteiger partial charge in [0.05, 0.1) is 22.3 Å². The molecule has 0 fully saturated rings. The van der Waals surface area contributed by atoms with Gasteiger partial charge in [-0.25, -0.2) is 8.42 Å². The summed E-state index contributed by atoms with van der Waals surface area (Å²) in [6, 6.07) is 10.7. The topological polar surface area (TPSA) is 138 Å². The van der Waals surface area contributed by atoms with Crippen LogP contribution in [-0.4, -0.2) is 41.9 Å². The van der Waals surface area contributed by atoms with E-state index in [1.165, 1.54) is 30.5 Å². The minimum absolute atomic E-state index is 0. The van der Waals surface area contributed by atoms with Gasteiger partial charge < -0.3 is 24.2 Å². The minimum Gasteiger partial charge on any atom is -0.492 e.